The van der Waals surface area contributed by atoms with Crippen LogP contribution in [0.1, 0.15) is 49.2 Å². The first-order chi connectivity index (χ1) is 8.79. The summed E-state index contributed by atoms with van der Waals surface area (Å²) in [4.78, 5) is 26.7. The fourth-order valence-electron chi connectivity index (χ4n) is 1.56. The predicted octanol–water partition coefficient (Wildman–Crippen LogP) is 2.45. The predicted molar refractivity (Wildman–Crippen MR) is 72.5 cm³/mol. The van der Waals surface area contributed by atoms with Crippen molar-refractivity contribution in [2.24, 2.45) is 0 Å². The van der Waals surface area contributed by atoms with E-state index >= 15 is 0 Å². The van der Waals surface area contributed by atoms with Crippen molar-refractivity contribution in [1.82, 2.24) is 10.3 Å². The summed E-state index contributed by atoms with van der Waals surface area (Å²) in [6.07, 6.45) is -0.123. The third-order valence-corrected chi connectivity index (χ3v) is 2.72. The number of nitrogens with zero attached hydrogens (tertiary/aromatic N) is 1. The van der Waals surface area contributed by atoms with Gasteiger partial charge in [0.15, 0.2) is 0 Å². The van der Waals surface area contributed by atoms with Gasteiger partial charge in [0, 0.05) is 17.3 Å². The number of nitrogens with one attached hydrogen (secondary N) is 1. The number of pyridine rings is 1. The van der Waals surface area contributed by atoms with Crippen molar-refractivity contribution in [3.63, 3.8) is 0 Å². The minimum Gasteiger partial charge on any atom is -0.481 e. The maximum Gasteiger partial charge on any atom is 0.305 e. The maximum absolute atomic E-state index is 12.0. The Bertz CT molecular complexity index is 489. The average molecular weight is 285 g/mol. The molecule has 2 N–H and O–H groups in total. The number of hydrogen-bond acceptors (Lipinski definition) is 3. The van der Waals surface area contributed by atoms with Gasteiger partial charge in [0.05, 0.1) is 6.42 Å². The lowest BCUT2D eigenvalue weighted by atomic mass is 10.1. The van der Waals surface area contributed by atoms with E-state index in [1.54, 1.807) is 13.0 Å². The highest BCUT2D eigenvalue weighted by Crippen LogP contribution is 2.17. The number of rotatable bonds is 5. The van der Waals surface area contributed by atoms with E-state index in [1.807, 2.05) is 13.8 Å². The summed E-state index contributed by atoms with van der Waals surface area (Å²) in [6, 6.07) is 2.69. The number of amides is 1. The number of hydrogen-bond donors (Lipinski definition) is 2. The van der Waals surface area contributed by atoms with Crippen LogP contribution in [0.15, 0.2) is 12.1 Å². The zero-order valence-electron chi connectivity index (χ0n) is 11.1. The fourth-order valence-corrected chi connectivity index (χ4v) is 1.78. The normalized spacial score (nSPS) is 12.3. The highest BCUT2D eigenvalue weighted by molar-refractivity contribution is 6.29. The van der Waals surface area contributed by atoms with Gasteiger partial charge >= 0.3 is 5.97 Å². The molecule has 1 atom stereocenters. The Morgan fingerprint density at radius 1 is 1.37 bits per heavy atom. The summed E-state index contributed by atoms with van der Waals surface area (Å²) in [7, 11) is 0. The molecule has 0 aliphatic carbocycles. The Morgan fingerprint density at radius 2 is 2.00 bits per heavy atom. The van der Waals surface area contributed by atoms with Gasteiger partial charge in [-0.25, -0.2) is 4.98 Å². The number of carbonyl (C=O) groups is 2. The number of halogens is 1. The first-order valence-electron chi connectivity index (χ1n) is 5.99. The van der Waals surface area contributed by atoms with Crippen LogP contribution < -0.4 is 5.32 Å². The highest BCUT2D eigenvalue weighted by atomic mass is 35.5. The third kappa shape index (κ3) is 4.87. The topological polar surface area (TPSA) is 79.3 Å². The molecule has 0 spiro atoms. The number of aromatic nitrogens is 1. The van der Waals surface area contributed by atoms with Crippen LogP contribution >= 0.6 is 11.6 Å². The second-order valence-electron chi connectivity index (χ2n) is 4.73. The lowest BCUT2D eigenvalue weighted by Gasteiger charge is -2.13. The molecule has 1 aromatic rings. The Balaban J connectivity index is 2.85. The average Bonchev–Trinajstić information content (AvgIpc) is 2.26. The van der Waals surface area contributed by atoms with E-state index in [-0.39, 0.29) is 23.4 Å². The van der Waals surface area contributed by atoms with Gasteiger partial charge in [-0.2, -0.15) is 0 Å². The summed E-state index contributed by atoms with van der Waals surface area (Å²) in [5.41, 5.74) is 1.12. The van der Waals surface area contributed by atoms with Crippen molar-refractivity contribution < 1.29 is 14.7 Å². The summed E-state index contributed by atoms with van der Waals surface area (Å²) in [5.74, 6) is -1.15. The second kappa shape index (κ2) is 6.52. The summed E-state index contributed by atoms with van der Waals surface area (Å²) >= 11 is 5.87. The number of aliphatic carboxylic acids is 1. The molecule has 1 aromatic heterocycles. The molecule has 5 nitrogen and oxygen atoms in total. The highest BCUT2D eigenvalue weighted by Gasteiger charge is 2.15. The largest absolute Gasteiger partial charge is 0.481 e. The lowest BCUT2D eigenvalue weighted by molar-refractivity contribution is -0.137. The molecular formula is C13H17ClN2O3. The molecule has 0 aliphatic rings. The number of carboxylic acid groups (broad SMARTS) is 1. The third-order valence-electron chi connectivity index (χ3n) is 2.53. The van der Waals surface area contributed by atoms with Gasteiger partial charge in [-0.1, -0.05) is 25.4 Å². The van der Waals surface area contributed by atoms with Gasteiger partial charge in [-0.3, -0.25) is 9.59 Å². The Morgan fingerprint density at radius 3 is 2.53 bits per heavy atom. The Hall–Kier alpha value is -1.62. The summed E-state index contributed by atoms with van der Waals surface area (Å²) in [6.45, 7) is 5.54. The van der Waals surface area contributed by atoms with E-state index in [0.29, 0.717) is 5.56 Å². The molecule has 0 saturated heterocycles. The van der Waals surface area contributed by atoms with Crippen molar-refractivity contribution in [3.05, 3.63) is 28.5 Å². The van der Waals surface area contributed by atoms with Crippen LogP contribution in [-0.4, -0.2) is 28.0 Å². The molecule has 1 heterocycles. The van der Waals surface area contributed by atoms with E-state index in [0.717, 1.165) is 5.69 Å². The molecule has 0 bridgehead atoms. The molecule has 1 unspecified atom stereocenters. The van der Waals surface area contributed by atoms with Crippen LogP contribution in [0, 0.1) is 0 Å². The lowest BCUT2D eigenvalue weighted by Crippen LogP contribution is -2.34. The van der Waals surface area contributed by atoms with Crippen LogP contribution in [-0.2, 0) is 4.79 Å². The number of carbonyl (C=O) groups excluding carboxylic acids is 1. The second-order valence-corrected chi connectivity index (χ2v) is 5.12. The standard InChI is InChI=1S/C13H17ClN2O3/c1-7(2)10-5-9(6-11(14)16-10)13(19)15-8(3)4-12(17)18/h5-8H,4H2,1-3H3,(H,15,19)(H,17,18). The van der Waals surface area contributed by atoms with E-state index in [9.17, 15) is 9.59 Å². The first kappa shape index (κ1) is 15.4. The smallest absolute Gasteiger partial charge is 0.305 e. The molecular weight excluding hydrogens is 268 g/mol. The van der Waals surface area contributed by atoms with Crippen LogP contribution in [0.2, 0.25) is 5.15 Å². The molecule has 0 saturated carbocycles. The molecule has 0 radical (unpaired) electrons. The quantitative estimate of drug-likeness (QED) is 0.814. The van der Waals surface area contributed by atoms with Crippen molar-refractivity contribution in [2.75, 3.05) is 0 Å². The van der Waals surface area contributed by atoms with E-state index in [2.05, 4.69) is 10.3 Å². The van der Waals surface area contributed by atoms with Gasteiger partial charge in [0.25, 0.3) is 5.91 Å². The fraction of sp³-hybridized carbons (Fsp3) is 0.462. The minimum absolute atomic E-state index is 0.123. The monoisotopic (exact) mass is 284 g/mol. The molecule has 0 aliphatic heterocycles. The zero-order valence-corrected chi connectivity index (χ0v) is 11.9. The van der Waals surface area contributed by atoms with Crippen LogP contribution in [0.3, 0.4) is 0 Å². The minimum atomic E-state index is -0.955. The zero-order chi connectivity index (χ0) is 14.6. The molecule has 1 rings (SSSR count). The Kier molecular flexibility index (Phi) is 5.30. The Labute approximate surface area is 117 Å². The molecule has 6 heteroatoms. The van der Waals surface area contributed by atoms with Crippen LogP contribution in [0.25, 0.3) is 0 Å². The van der Waals surface area contributed by atoms with Crippen molar-refractivity contribution in [3.8, 4) is 0 Å². The first-order valence-corrected chi connectivity index (χ1v) is 6.37. The van der Waals surface area contributed by atoms with Gasteiger partial charge in [0.1, 0.15) is 5.15 Å². The molecule has 104 valence electrons. The van der Waals surface area contributed by atoms with Crippen LogP contribution in [0.5, 0.6) is 0 Å². The maximum atomic E-state index is 12.0. The van der Waals surface area contributed by atoms with Crippen molar-refractivity contribution >= 4 is 23.5 Å². The van der Waals surface area contributed by atoms with Crippen molar-refractivity contribution in [2.45, 2.75) is 39.2 Å². The van der Waals surface area contributed by atoms with Gasteiger partial charge < -0.3 is 10.4 Å². The van der Waals surface area contributed by atoms with E-state index in [1.165, 1.54) is 6.07 Å². The van der Waals surface area contributed by atoms with Crippen LogP contribution in [0.4, 0.5) is 0 Å². The van der Waals surface area contributed by atoms with E-state index in [4.69, 9.17) is 16.7 Å². The van der Waals surface area contributed by atoms with Crippen molar-refractivity contribution in [1.29, 1.82) is 0 Å². The molecule has 1 amide bonds. The summed E-state index contributed by atoms with van der Waals surface area (Å²) in [5, 5.41) is 11.5. The number of carboxylic acids is 1. The molecule has 19 heavy (non-hydrogen) atoms. The van der Waals surface area contributed by atoms with Gasteiger partial charge in [0.2, 0.25) is 0 Å². The van der Waals surface area contributed by atoms with Gasteiger partial charge in [-0.05, 0) is 25.0 Å². The molecule has 0 fully saturated rings. The molecule has 0 aromatic carbocycles. The SMILES string of the molecule is CC(CC(=O)O)NC(=O)c1cc(Cl)nc(C(C)C)c1. The summed E-state index contributed by atoms with van der Waals surface area (Å²) < 4.78 is 0. The van der Waals surface area contributed by atoms with E-state index < -0.39 is 12.0 Å². The van der Waals surface area contributed by atoms with Gasteiger partial charge in [-0.15, -0.1) is 0 Å².